The van der Waals surface area contributed by atoms with Gasteiger partial charge in [-0.15, -0.1) is 0 Å². The highest BCUT2D eigenvalue weighted by Crippen LogP contribution is 2.25. The van der Waals surface area contributed by atoms with E-state index in [1.807, 2.05) is 0 Å². The van der Waals surface area contributed by atoms with Crippen molar-refractivity contribution in [2.24, 2.45) is 0 Å². The Morgan fingerprint density at radius 3 is 2.46 bits per heavy atom. The van der Waals surface area contributed by atoms with Crippen LogP contribution >= 0.6 is 0 Å². The van der Waals surface area contributed by atoms with Crippen LogP contribution in [0.2, 0.25) is 0 Å². The Morgan fingerprint density at radius 2 is 1.73 bits per heavy atom. The molecule has 0 bridgehead atoms. The second-order valence-corrected chi connectivity index (χ2v) is 6.37. The molecule has 4 rings (SSSR count). The standard InChI is InChI=1S/C17H17F3N6/c18-9-6-11(19)14(12(20)7-9)24-17-23-13-8-21-16(25-15(13)26-17)22-10-4-2-1-3-5-10/h6-8,10H,1-5H2,(H3,21,22,23,24,25,26). The van der Waals surface area contributed by atoms with Gasteiger partial charge < -0.3 is 15.6 Å². The Hall–Kier alpha value is -2.84. The minimum atomic E-state index is -1.05. The number of hydrogen-bond acceptors (Lipinski definition) is 5. The number of rotatable bonds is 4. The lowest BCUT2D eigenvalue weighted by Gasteiger charge is -2.22. The molecule has 0 aliphatic heterocycles. The maximum Gasteiger partial charge on any atom is 0.225 e. The van der Waals surface area contributed by atoms with E-state index in [0.29, 0.717) is 35.3 Å². The van der Waals surface area contributed by atoms with Gasteiger partial charge in [0.25, 0.3) is 0 Å². The fourth-order valence-electron chi connectivity index (χ4n) is 3.15. The fourth-order valence-corrected chi connectivity index (χ4v) is 3.15. The van der Waals surface area contributed by atoms with Crippen LogP contribution in [0.25, 0.3) is 11.2 Å². The Labute approximate surface area is 147 Å². The molecule has 2 heterocycles. The summed E-state index contributed by atoms with van der Waals surface area (Å²) < 4.78 is 40.5. The number of benzene rings is 1. The molecule has 0 spiro atoms. The van der Waals surface area contributed by atoms with Crippen molar-refractivity contribution in [2.45, 2.75) is 38.1 Å². The van der Waals surface area contributed by atoms with Gasteiger partial charge >= 0.3 is 0 Å². The summed E-state index contributed by atoms with van der Waals surface area (Å²) in [4.78, 5) is 15.6. The molecule has 1 fully saturated rings. The third-order valence-corrected chi connectivity index (χ3v) is 4.43. The molecule has 1 aliphatic carbocycles. The molecule has 136 valence electrons. The second kappa shape index (κ2) is 6.81. The summed E-state index contributed by atoms with van der Waals surface area (Å²) in [6.07, 6.45) is 7.35. The number of nitrogens with zero attached hydrogens (tertiary/aromatic N) is 3. The van der Waals surface area contributed by atoms with Crippen LogP contribution in [0.1, 0.15) is 32.1 Å². The van der Waals surface area contributed by atoms with E-state index in [-0.39, 0.29) is 5.95 Å². The van der Waals surface area contributed by atoms with E-state index < -0.39 is 23.1 Å². The fraction of sp³-hybridized carbons (Fsp3) is 0.353. The monoisotopic (exact) mass is 362 g/mol. The van der Waals surface area contributed by atoms with E-state index in [0.717, 1.165) is 12.8 Å². The summed E-state index contributed by atoms with van der Waals surface area (Å²) in [7, 11) is 0. The van der Waals surface area contributed by atoms with Crippen molar-refractivity contribution < 1.29 is 13.2 Å². The zero-order valence-corrected chi connectivity index (χ0v) is 13.8. The van der Waals surface area contributed by atoms with Crippen LogP contribution in [0.4, 0.5) is 30.8 Å². The molecule has 0 radical (unpaired) electrons. The first-order chi connectivity index (χ1) is 12.6. The highest BCUT2D eigenvalue weighted by molar-refractivity contribution is 5.75. The van der Waals surface area contributed by atoms with Crippen molar-refractivity contribution >= 4 is 28.7 Å². The quantitative estimate of drug-likeness (QED) is 0.646. The van der Waals surface area contributed by atoms with Gasteiger partial charge in [-0.3, -0.25) is 0 Å². The number of imidazole rings is 1. The average molecular weight is 362 g/mol. The van der Waals surface area contributed by atoms with Crippen molar-refractivity contribution in [1.82, 2.24) is 19.9 Å². The summed E-state index contributed by atoms with van der Waals surface area (Å²) in [5.41, 5.74) is 0.396. The lowest BCUT2D eigenvalue weighted by molar-refractivity contribution is 0.461. The van der Waals surface area contributed by atoms with Gasteiger partial charge in [-0.2, -0.15) is 9.97 Å². The molecule has 1 aliphatic rings. The Kier molecular flexibility index (Phi) is 4.36. The highest BCUT2D eigenvalue weighted by Gasteiger charge is 2.16. The minimum Gasteiger partial charge on any atom is -0.351 e. The summed E-state index contributed by atoms with van der Waals surface area (Å²) >= 11 is 0. The molecule has 0 atom stereocenters. The molecular weight excluding hydrogens is 345 g/mol. The van der Waals surface area contributed by atoms with Gasteiger partial charge in [-0.1, -0.05) is 19.3 Å². The third kappa shape index (κ3) is 3.42. The number of anilines is 3. The maximum atomic E-state index is 13.8. The van der Waals surface area contributed by atoms with Gasteiger partial charge in [0.1, 0.15) is 17.0 Å². The van der Waals surface area contributed by atoms with E-state index in [1.165, 1.54) is 19.3 Å². The molecule has 1 aromatic carbocycles. The van der Waals surface area contributed by atoms with Crippen molar-refractivity contribution in [3.8, 4) is 0 Å². The molecule has 0 amide bonds. The normalized spacial score (nSPS) is 15.3. The molecule has 6 nitrogen and oxygen atoms in total. The number of nitrogens with one attached hydrogen (secondary N) is 3. The summed E-state index contributed by atoms with van der Waals surface area (Å²) in [5, 5.41) is 5.78. The summed E-state index contributed by atoms with van der Waals surface area (Å²) in [6.45, 7) is 0. The van der Waals surface area contributed by atoms with Crippen LogP contribution in [-0.4, -0.2) is 26.0 Å². The second-order valence-electron chi connectivity index (χ2n) is 6.37. The van der Waals surface area contributed by atoms with Gasteiger partial charge in [-0.25, -0.2) is 18.2 Å². The van der Waals surface area contributed by atoms with Crippen molar-refractivity contribution in [1.29, 1.82) is 0 Å². The SMILES string of the molecule is Fc1cc(F)c(Nc2nc3nc(NC4CCCCC4)ncc3[nH]2)c(F)c1. The van der Waals surface area contributed by atoms with Crippen LogP contribution in [0.15, 0.2) is 18.3 Å². The van der Waals surface area contributed by atoms with Crippen LogP contribution in [0.5, 0.6) is 0 Å². The first-order valence-electron chi connectivity index (χ1n) is 8.49. The number of halogens is 3. The largest absolute Gasteiger partial charge is 0.351 e. The first-order valence-corrected chi connectivity index (χ1v) is 8.49. The van der Waals surface area contributed by atoms with E-state index in [1.54, 1.807) is 6.20 Å². The molecule has 26 heavy (non-hydrogen) atoms. The lowest BCUT2D eigenvalue weighted by atomic mass is 9.96. The number of aromatic amines is 1. The summed E-state index contributed by atoms with van der Waals surface area (Å²) in [6, 6.07) is 1.54. The topological polar surface area (TPSA) is 78.5 Å². The van der Waals surface area contributed by atoms with Crippen molar-refractivity contribution in [2.75, 3.05) is 10.6 Å². The Morgan fingerprint density at radius 1 is 1.00 bits per heavy atom. The van der Waals surface area contributed by atoms with Crippen LogP contribution in [0, 0.1) is 17.5 Å². The molecule has 1 saturated carbocycles. The molecule has 0 saturated heterocycles. The van der Waals surface area contributed by atoms with Crippen LogP contribution in [-0.2, 0) is 0 Å². The van der Waals surface area contributed by atoms with Gasteiger partial charge in [0, 0.05) is 18.2 Å². The predicted molar refractivity (Wildman–Crippen MR) is 91.8 cm³/mol. The maximum absolute atomic E-state index is 13.8. The first kappa shape index (κ1) is 16.6. The smallest absolute Gasteiger partial charge is 0.225 e. The van der Waals surface area contributed by atoms with Crippen molar-refractivity contribution in [3.05, 3.63) is 35.8 Å². The van der Waals surface area contributed by atoms with E-state index in [9.17, 15) is 13.2 Å². The zero-order chi connectivity index (χ0) is 18.1. The Balaban J connectivity index is 1.56. The minimum absolute atomic E-state index is 0.0912. The molecule has 3 N–H and O–H groups in total. The molecule has 9 heteroatoms. The number of fused-ring (bicyclic) bond motifs is 1. The van der Waals surface area contributed by atoms with Crippen LogP contribution in [0.3, 0.4) is 0 Å². The van der Waals surface area contributed by atoms with Gasteiger partial charge in [0.2, 0.25) is 11.9 Å². The molecule has 2 aromatic heterocycles. The third-order valence-electron chi connectivity index (χ3n) is 4.43. The van der Waals surface area contributed by atoms with E-state index in [4.69, 9.17) is 0 Å². The lowest BCUT2D eigenvalue weighted by Crippen LogP contribution is -2.23. The van der Waals surface area contributed by atoms with Gasteiger partial charge in [-0.05, 0) is 12.8 Å². The van der Waals surface area contributed by atoms with Crippen molar-refractivity contribution in [3.63, 3.8) is 0 Å². The van der Waals surface area contributed by atoms with Gasteiger partial charge in [0.15, 0.2) is 17.3 Å². The molecular formula is C17H17F3N6. The molecule has 0 unspecified atom stereocenters. The van der Waals surface area contributed by atoms with E-state index >= 15 is 0 Å². The van der Waals surface area contributed by atoms with Gasteiger partial charge in [0.05, 0.1) is 6.20 Å². The number of aromatic nitrogens is 4. The zero-order valence-electron chi connectivity index (χ0n) is 13.8. The van der Waals surface area contributed by atoms with Crippen LogP contribution < -0.4 is 10.6 Å². The highest BCUT2D eigenvalue weighted by atomic mass is 19.1. The van der Waals surface area contributed by atoms with E-state index in [2.05, 4.69) is 30.6 Å². The molecule has 3 aromatic rings. The predicted octanol–water partition coefficient (Wildman–Crippen LogP) is 4.26. The number of hydrogen-bond donors (Lipinski definition) is 3. The Bertz CT molecular complexity index is 912. The summed E-state index contributed by atoms with van der Waals surface area (Å²) in [5.74, 6) is -2.52. The number of H-pyrrole nitrogens is 1. The average Bonchev–Trinajstić information content (AvgIpc) is 3.01.